The van der Waals surface area contributed by atoms with Gasteiger partial charge >= 0.3 is 0 Å². The summed E-state index contributed by atoms with van der Waals surface area (Å²) in [7, 11) is 0. The van der Waals surface area contributed by atoms with Crippen LogP contribution in [0.25, 0.3) is 0 Å². The smallest absolute Gasteiger partial charge is 0.144 e. The van der Waals surface area contributed by atoms with Crippen molar-refractivity contribution in [3.8, 4) is 6.07 Å². The molecule has 0 aliphatic rings. The molecule has 0 radical (unpaired) electrons. The first kappa shape index (κ1) is 13.6. The summed E-state index contributed by atoms with van der Waals surface area (Å²) in [6, 6.07) is 15.1. The lowest BCUT2D eigenvalue weighted by atomic mass is 10.1. The molecule has 0 heterocycles. The summed E-state index contributed by atoms with van der Waals surface area (Å²) in [4.78, 5) is 0. The van der Waals surface area contributed by atoms with Crippen LogP contribution in [0.2, 0.25) is 0 Å². The molecule has 2 rings (SSSR count). The highest BCUT2D eigenvalue weighted by atomic mass is 32.2. The van der Waals surface area contributed by atoms with Gasteiger partial charge in [0.05, 0.1) is 5.56 Å². The van der Waals surface area contributed by atoms with E-state index in [-0.39, 0.29) is 11.4 Å². The molecule has 0 spiro atoms. The topological polar surface area (TPSA) is 23.8 Å². The molecule has 0 aliphatic heterocycles. The maximum Gasteiger partial charge on any atom is 0.144 e. The average Bonchev–Trinajstić information content (AvgIpc) is 2.41. The van der Waals surface area contributed by atoms with E-state index in [1.807, 2.05) is 12.1 Å². The Kier molecular flexibility index (Phi) is 4.59. The number of hydrogen-bond donors (Lipinski definition) is 0. The molecule has 0 N–H and O–H groups in total. The van der Waals surface area contributed by atoms with Crippen LogP contribution in [-0.2, 0) is 11.5 Å². The summed E-state index contributed by atoms with van der Waals surface area (Å²) in [5.41, 5.74) is 3.18. The van der Waals surface area contributed by atoms with E-state index in [9.17, 15) is 4.39 Å². The largest absolute Gasteiger partial charge is 0.205 e. The van der Waals surface area contributed by atoms with E-state index in [0.717, 1.165) is 5.75 Å². The van der Waals surface area contributed by atoms with Crippen LogP contribution in [0.5, 0.6) is 0 Å². The second-order valence-corrected chi connectivity index (χ2v) is 5.36. The van der Waals surface area contributed by atoms with E-state index < -0.39 is 0 Å². The van der Waals surface area contributed by atoms with E-state index in [4.69, 9.17) is 5.26 Å². The van der Waals surface area contributed by atoms with E-state index in [1.54, 1.807) is 23.9 Å². The molecule has 0 atom stereocenters. The highest BCUT2D eigenvalue weighted by molar-refractivity contribution is 7.97. The van der Waals surface area contributed by atoms with E-state index in [0.29, 0.717) is 11.3 Å². The summed E-state index contributed by atoms with van der Waals surface area (Å²) in [5.74, 6) is 1.04. The Morgan fingerprint density at radius 3 is 2.68 bits per heavy atom. The van der Waals surface area contributed by atoms with E-state index in [2.05, 4.69) is 25.1 Å². The maximum absolute atomic E-state index is 13.8. The average molecular weight is 271 g/mol. The van der Waals surface area contributed by atoms with Crippen molar-refractivity contribution in [1.82, 2.24) is 0 Å². The summed E-state index contributed by atoms with van der Waals surface area (Å²) in [6.07, 6.45) is 0. The summed E-state index contributed by atoms with van der Waals surface area (Å²) < 4.78 is 13.8. The van der Waals surface area contributed by atoms with Crippen LogP contribution in [-0.4, -0.2) is 0 Å². The zero-order chi connectivity index (χ0) is 13.7. The first-order valence-electron chi connectivity index (χ1n) is 6.01. The molecule has 2 aromatic rings. The van der Waals surface area contributed by atoms with Crippen LogP contribution < -0.4 is 0 Å². The lowest BCUT2D eigenvalue weighted by Crippen LogP contribution is -1.92. The second-order valence-electron chi connectivity index (χ2n) is 4.37. The van der Waals surface area contributed by atoms with Crippen molar-refractivity contribution in [2.75, 3.05) is 0 Å². The summed E-state index contributed by atoms with van der Waals surface area (Å²) in [5, 5.41) is 8.78. The molecule has 0 amide bonds. The quantitative estimate of drug-likeness (QED) is 0.821. The van der Waals surface area contributed by atoms with Gasteiger partial charge < -0.3 is 0 Å². The number of benzene rings is 2. The van der Waals surface area contributed by atoms with Gasteiger partial charge in [0.15, 0.2) is 0 Å². The molecule has 0 fully saturated rings. The number of nitriles is 1. The Hall–Kier alpha value is -1.79. The van der Waals surface area contributed by atoms with E-state index >= 15 is 0 Å². The van der Waals surface area contributed by atoms with Crippen molar-refractivity contribution in [2.45, 2.75) is 18.4 Å². The zero-order valence-electron chi connectivity index (χ0n) is 10.7. The molecule has 0 saturated carbocycles. The van der Waals surface area contributed by atoms with Crippen molar-refractivity contribution < 1.29 is 4.39 Å². The van der Waals surface area contributed by atoms with Crippen molar-refractivity contribution in [3.05, 3.63) is 70.5 Å². The Morgan fingerprint density at radius 2 is 1.95 bits per heavy atom. The SMILES string of the molecule is Cc1cccc(CSCc2cccc(C#N)c2F)c1. The third-order valence-corrected chi connectivity index (χ3v) is 3.86. The van der Waals surface area contributed by atoms with Crippen LogP contribution in [0, 0.1) is 24.1 Å². The van der Waals surface area contributed by atoms with Crippen molar-refractivity contribution in [1.29, 1.82) is 5.26 Å². The highest BCUT2D eigenvalue weighted by Gasteiger charge is 2.07. The highest BCUT2D eigenvalue weighted by Crippen LogP contribution is 2.21. The Morgan fingerprint density at radius 1 is 1.16 bits per heavy atom. The maximum atomic E-state index is 13.8. The van der Waals surface area contributed by atoms with Gasteiger partial charge in [0.2, 0.25) is 0 Å². The third-order valence-electron chi connectivity index (χ3n) is 2.81. The monoisotopic (exact) mass is 271 g/mol. The Labute approximate surface area is 117 Å². The molecule has 0 saturated heterocycles. The predicted molar refractivity (Wildman–Crippen MR) is 77.3 cm³/mol. The van der Waals surface area contributed by atoms with Crippen LogP contribution >= 0.6 is 11.8 Å². The Balaban J connectivity index is 1.98. The fourth-order valence-corrected chi connectivity index (χ4v) is 2.82. The van der Waals surface area contributed by atoms with Gasteiger partial charge in [-0.1, -0.05) is 42.0 Å². The van der Waals surface area contributed by atoms with Gasteiger partial charge in [-0.3, -0.25) is 0 Å². The molecule has 0 unspecified atom stereocenters. The number of halogens is 1. The number of nitrogens with zero attached hydrogens (tertiary/aromatic N) is 1. The number of rotatable bonds is 4. The van der Waals surface area contributed by atoms with Crippen molar-refractivity contribution in [2.24, 2.45) is 0 Å². The molecule has 19 heavy (non-hydrogen) atoms. The fourth-order valence-electron chi connectivity index (χ4n) is 1.86. The van der Waals surface area contributed by atoms with Gasteiger partial charge in [-0.25, -0.2) is 4.39 Å². The first-order chi connectivity index (χ1) is 9.20. The molecule has 96 valence electrons. The lowest BCUT2D eigenvalue weighted by Gasteiger charge is -2.05. The molecular formula is C16H14FNS. The van der Waals surface area contributed by atoms with Gasteiger partial charge in [0.1, 0.15) is 11.9 Å². The fraction of sp³-hybridized carbons (Fsp3) is 0.188. The molecule has 1 nitrogen and oxygen atoms in total. The lowest BCUT2D eigenvalue weighted by molar-refractivity contribution is 0.613. The van der Waals surface area contributed by atoms with Gasteiger partial charge in [-0.2, -0.15) is 17.0 Å². The minimum Gasteiger partial charge on any atom is -0.205 e. The standard InChI is InChI=1S/C16H14FNS/c1-12-4-2-5-13(8-12)10-19-11-15-7-3-6-14(9-18)16(15)17/h2-8H,10-11H2,1H3. The zero-order valence-corrected chi connectivity index (χ0v) is 11.5. The molecular weight excluding hydrogens is 257 g/mol. The van der Waals surface area contributed by atoms with Gasteiger partial charge in [0.25, 0.3) is 0 Å². The minimum atomic E-state index is -0.387. The van der Waals surface area contributed by atoms with Crippen molar-refractivity contribution in [3.63, 3.8) is 0 Å². The van der Waals surface area contributed by atoms with Crippen LogP contribution in [0.1, 0.15) is 22.3 Å². The minimum absolute atomic E-state index is 0.119. The third kappa shape index (κ3) is 3.59. The number of hydrogen-bond acceptors (Lipinski definition) is 2. The van der Waals surface area contributed by atoms with Gasteiger partial charge in [-0.15, -0.1) is 0 Å². The summed E-state index contributed by atoms with van der Waals surface area (Å²) in [6.45, 7) is 2.06. The molecule has 0 aliphatic carbocycles. The van der Waals surface area contributed by atoms with Crippen LogP contribution in [0.3, 0.4) is 0 Å². The second kappa shape index (κ2) is 6.40. The Bertz CT molecular complexity index is 616. The molecule has 0 aromatic heterocycles. The van der Waals surface area contributed by atoms with Crippen molar-refractivity contribution >= 4 is 11.8 Å². The van der Waals surface area contributed by atoms with Gasteiger partial charge in [0, 0.05) is 11.5 Å². The van der Waals surface area contributed by atoms with Crippen LogP contribution in [0.4, 0.5) is 4.39 Å². The van der Waals surface area contributed by atoms with Gasteiger partial charge in [-0.05, 0) is 24.1 Å². The normalized spacial score (nSPS) is 10.2. The first-order valence-corrected chi connectivity index (χ1v) is 7.17. The summed E-state index contributed by atoms with van der Waals surface area (Å²) >= 11 is 1.65. The molecule has 0 bridgehead atoms. The van der Waals surface area contributed by atoms with E-state index in [1.165, 1.54) is 17.2 Å². The molecule has 2 aromatic carbocycles. The number of aryl methyl sites for hydroxylation is 1. The van der Waals surface area contributed by atoms with Crippen LogP contribution in [0.15, 0.2) is 42.5 Å². The number of thioether (sulfide) groups is 1. The predicted octanol–water partition coefficient (Wildman–Crippen LogP) is 4.44. The molecule has 3 heteroatoms.